The van der Waals surface area contributed by atoms with E-state index in [2.05, 4.69) is 6.07 Å². The smallest absolute Gasteiger partial charge is 0.125 e. The average molecular weight is 189 g/mol. The summed E-state index contributed by atoms with van der Waals surface area (Å²) in [7, 11) is 0. The standard InChI is InChI=1S/C10H7NOS/c1-6-2-8(12)10-7(4-11)5-13-9(10)3-6/h2-3,5,12H,1H3. The average Bonchev–Trinajstić information content (AvgIpc) is 2.47. The first-order chi connectivity index (χ1) is 6.22. The van der Waals surface area contributed by atoms with Crippen molar-refractivity contribution in [2.24, 2.45) is 0 Å². The Morgan fingerprint density at radius 1 is 1.46 bits per heavy atom. The van der Waals surface area contributed by atoms with Crippen LogP contribution in [-0.2, 0) is 0 Å². The van der Waals surface area contributed by atoms with Crippen molar-refractivity contribution in [3.8, 4) is 11.8 Å². The van der Waals surface area contributed by atoms with E-state index in [1.165, 1.54) is 11.3 Å². The number of aryl methyl sites for hydroxylation is 1. The molecule has 13 heavy (non-hydrogen) atoms. The van der Waals surface area contributed by atoms with Crippen LogP contribution in [-0.4, -0.2) is 5.11 Å². The molecule has 2 aromatic rings. The van der Waals surface area contributed by atoms with Gasteiger partial charge in [-0.3, -0.25) is 0 Å². The number of hydrogen-bond donors (Lipinski definition) is 1. The maximum Gasteiger partial charge on any atom is 0.125 e. The minimum atomic E-state index is 0.202. The van der Waals surface area contributed by atoms with Crippen LogP contribution in [0.25, 0.3) is 10.1 Å². The van der Waals surface area contributed by atoms with Gasteiger partial charge in [-0.15, -0.1) is 11.3 Å². The van der Waals surface area contributed by atoms with Crippen molar-refractivity contribution in [1.29, 1.82) is 5.26 Å². The number of fused-ring (bicyclic) bond motifs is 1. The van der Waals surface area contributed by atoms with E-state index >= 15 is 0 Å². The van der Waals surface area contributed by atoms with Crippen molar-refractivity contribution < 1.29 is 5.11 Å². The molecule has 0 unspecified atom stereocenters. The third kappa shape index (κ3) is 1.16. The second-order valence-corrected chi connectivity index (χ2v) is 3.83. The summed E-state index contributed by atoms with van der Waals surface area (Å²) in [4.78, 5) is 0. The molecular formula is C10H7NOS. The number of phenolic OH excluding ortho intramolecular Hbond substituents is 1. The highest BCUT2D eigenvalue weighted by Crippen LogP contribution is 2.33. The zero-order valence-corrected chi connectivity index (χ0v) is 7.85. The lowest BCUT2D eigenvalue weighted by atomic mass is 10.1. The second-order valence-electron chi connectivity index (χ2n) is 2.92. The second kappa shape index (κ2) is 2.75. The number of phenols is 1. The number of thiophene rings is 1. The van der Waals surface area contributed by atoms with Gasteiger partial charge in [-0.1, -0.05) is 0 Å². The minimum absolute atomic E-state index is 0.202. The molecule has 1 N–H and O–H groups in total. The summed E-state index contributed by atoms with van der Waals surface area (Å²) >= 11 is 1.48. The summed E-state index contributed by atoms with van der Waals surface area (Å²) in [5.74, 6) is 0.202. The molecule has 0 fully saturated rings. The molecule has 0 saturated carbocycles. The Hall–Kier alpha value is -1.53. The van der Waals surface area contributed by atoms with E-state index in [0.29, 0.717) is 10.9 Å². The van der Waals surface area contributed by atoms with Gasteiger partial charge in [0.1, 0.15) is 11.8 Å². The van der Waals surface area contributed by atoms with E-state index in [0.717, 1.165) is 10.3 Å². The van der Waals surface area contributed by atoms with Gasteiger partial charge in [0, 0.05) is 10.1 Å². The molecule has 0 aliphatic carbocycles. The fraction of sp³-hybridized carbons (Fsp3) is 0.100. The maximum absolute atomic E-state index is 9.61. The topological polar surface area (TPSA) is 44.0 Å². The highest BCUT2D eigenvalue weighted by atomic mass is 32.1. The monoisotopic (exact) mass is 189 g/mol. The Morgan fingerprint density at radius 2 is 2.23 bits per heavy atom. The lowest BCUT2D eigenvalue weighted by molar-refractivity contribution is 0.481. The van der Waals surface area contributed by atoms with Gasteiger partial charge in [-0.25, -0.2) is 0 Å². The number of benzene rings is 1. The first-order valence-electron chi connectivity index (χ1n) is 3.83. The van der Waals surface area contributed by atoms with Crippen molar-refractivity contribution in [2.75, 3.05) is 0 Å². The molecule has 0 bridgehead atoms. The first kappa shape index (κ1) is 8.09. The molecule has 0 saturated heterocycles. The number of nitriles is 1. The first-order valence-corrected chi connectivity index (χ1v) is 4.71. The molecule has 1 aromatic heterocycles. The predicted molar refractivity (Wildman–Crippen MR) is 52.9 cm³/mol. The van der Waals surface area contributed by atoms with E-state index in [4.69, 9.17) is 5.26 Å². The zero-order chi connectivity index (χ0) is 9.42. The van der Waals surface area contributed by atoms with Crippen LogP contribution in [0.15, 0.2) is 17.5 Å². The molecule has 0 radical (unpaired) electrons. The van der Waals surface area contributed by atoms with E-state index in [-0.39, 0.29) is 5.75 Å². The lowest BCUT2D eigenvalue weighted by Crippen LogP contribution is -1.75. The van der Waals surface area contributed by atoms with Gasteiger partial charge in [0.2, 0.25) is 0 Å². The quantitative estimate of drug-likeness (QED) is 0.692. The van der Waals surface area contributed by atoms with Crippen molar-refractivity contribution in [2.45, 2.75) is 6.92 Å². The third-order valence-electron chi connectivity index (χ3n) is 1.92. The van der Waals surface area contributed by atoms with Gasteiger partial charge < -0.3 is 5.11 Å². The van der Waals surface area contributed by atoms with Crippen LogP contribution in [0.3, 0.4) is 0 Å². The largest absolute Gasteiger partial charge is 0.507 e. The molecule has 3 heteroatoms. The molecule has 2 nitrogen and oxygen atoms in total. The number of hydrogen-bond acceptors (Lipinski definition) is 3. The fourth-order valence-electron chi connectivity index (χ4n) is 1.36. The Labute approximate surface area is 79.7 Å². The Kier molecular flexibility index (Phi) is 1.71. The Balaban J connectivity index is 2.92. The predicted octanol–water partition coefficient (Wildman–Crippen LogP) is 2.79. The normalized spacial score (nSPS) is 10.2. The van der Waals surface area contributed by atoms with Gasteiger partial charge in [-0.05, 0) is 24.6 Å². The van der Waals surface area contributed by atoms with Crippen LogP contribution in [0.1, 0.15) is 11.1 Å². The molecule has 0 aliphatic rings. The number of rotatable bonds is 0. The molecule has 64 valence electrons. The van der Waals surface area contributed by atoms with Crippen molar-refractivity contribution >= 4 is 21.4 Å². The summed E-state index contributed by atoms with van der Waals surface area (Å²) in [6.45, 7) is 1.92. The summed E-state index contributed by atoms with van der Waals surface area (Å²) < 4.78 is 0.967. The highest BCUT2D eigenvalue weighted by Gasteiger charge is 2.08. The van der Waals surface area contributed by atoms with Crippen molar-refractivity contribution in [3.63, 3.8) is 0 Å². The lowest BCUT2D eigenvalue weighted by Gasteiger charge is -1.97. The van der Waals surface area contributed by atoms with Crippen LogP contribution >= 0.6 is 11.3 Å². The van der Waals surface area contributed by atoms with Gasteiger partial charge in [0.15, 0.2) is 0 Å². The fourth-order valence-corrected chi connectivity index (χ4v) is 2.36. The molecule has 0 spiro atoms. The molecule has 0 atom stereocenters. The minimum Gasteiger partial charge on any atom is -0.507 e. The summed E-state index contributed by atoms with van der Waals surface area (Å²) in [6.07, 6.45) is 0. The van der Waals surface area contributed by atoms with Crippen molar-refractivity contribution in [3.05, 3.63) is 28.6 Å². The summed E-state index contributed by atoms with van der Waals surface area (Å²) in [6, 6.07) is 5.71. The van der Waals surface area contributed by atoms with E-state index in [1.807, 2.05) is 13.0 Å². The number of nitrogens with zero attached hydrogens (tertiary/aromatic N) is 1. The molecule has 0 aliphatic heterocycles. The van der Waals surface area contributed by atoms with Crippen LogP contribution in [0.5, 0.6) is 5.75 Å². The van der Waals surface area contributed by atoms with Crippen LogP contribution in [0.2, 0.25) is 0 Å². The van der Waals surface area contributed by atoms with Gasteiger partial charge in [0.05, 0.1) is 10.9 Å². The molecule has 0 amide bonds. The van der Waals surface area contributed by atoms with E-state index in [9.17, 15) is 5.11 Å². The molecule has 1 aromatic carbocycles. The Bertz CT molecular complexity index is 507. The Morgan fingerprint density at radius 3 is 2.92 bits per heavy atom. The van der Waals surface area contributed by atoms with Gasteiger partial charge in [0.25, 0.3) is 0 Å². The SMILES string of the molecule is Cc1cc(O)c2c(C#N)csc2c1. The molecular weight excluding hydrogens is 182 g/mol. The van der Waals surface area contributed by atoms with Gasteiger partial charge >= 0.3 is 0 Å². The van der Waals surface area contributed by atoms with E-state index in [1.54, 1.807) is 11.4 Å². The summed E-state index contributed by atoms with van der Waals surface area (Å²) in [5.41, 5.74) is 1.56. The molecule has 2 rings (SSSR count). The number of aromatic hydroxyl groups is 1. The maximum atomic E-state index is 9.61. The van der Waals surface area contributed by atoms with Crippen LogP contribution in [0, 0.1) is 18.3 Å². The third-order valence-corrected chi connectivity index (χ3v) is 2.85. The molecule has 1 heterocycles. The van der Waals surface area contributed by atoms with Gasteiger partial charge in [-0.2, -0.15) is 5.26 Å². The highest BCUT2D eigenvalue weighted by molar-refractivity contribution is 7.17. The van der Waals surface area contributed by atoms with Crippen LogP contribution in [0.4, 0.5) is 0 Å². The summed E-state index contributed by atoms with van der Waals surface area (Å²) in [5, 5.41) is 20.8. The zero-order valence-electron chi connectivity index (χ0n) is 7.03. The van der Waals surface area contributed by atoms with Crippen LogP contribution < -0.4 is 0 Å². The van der Waals surface area contributed by atoms with E-state index < -0.39 is 0 Å². The van der Waals surface area contributed by atoms with Crippen molar-refractivity contribution in [1.82, 2.24) is 0 Å².